The summed E-state index contributed by atoms with van der Waals surface area (Å²) in [7, 11) is 1.94. The Morgan fingerprint density at radius 2 is 2.09 bits per heavy atom. The summed E-state index contributed by atoms with van der Waals surface area (Å²) in [5, 5.41) is 7.07. The van der Waals surface area contributed by atoms with Gasteiger partial charge in [0.25, 0.3) is 5.91 Å². The van der Waals surface area contributed by atoms with Crippen molar-refractivity contribution >= 4 is 22.7 Å². The van der Waals surface area contributed by atoms with E-state index < -0.39 is 0 Å². The Balaban J connectivity index is 1.89. The summed E-state index contributed by atoms with van der Waals surface area (Å²) in [6.07, 6.45) is 1.94. The first-order valence-electron chi connectivity index (χ1n) is 8.11. The van der Waals surface area contributed by atoms with Gasteiger partial charge in [-0.15, -0.1) is 0 Å². The highest BCUT2D eigenvalue weighted by Crippen LogP contribution is 2.27. The number of para-hydroxylation sites is 1. The predicted molar refractivity (Wildman–Crippen MR) is 90.5 cm³/mol. The first kappa shape index (κ1) is 15.6. The van der Waals surface area contributed by atoms with Crippen molar-refractivity contribution in [3.05, 3.63) is 35.0 Å². The van der Waals surface area contributed by atoms with Gasteiger partial charge in [0.2, 0.25) is 5.91 Å². The molecule has 2 heterocycles. The molecule has 122 valence electrons. The fraction of sp³-hybridized carbons (Fsp3) is 0.444. The summed E-state index contributed by atoms with van der Waals surface area (Å²) < 4.78 is 1.98. The van der Waals surface area contributed by atoms with Crippen molar-refractivity contribution in [2.45, 2.75) is 39.2 Å². The lowest BCUT2D eigenvalue weighted by molar-refractivity contribution is -0.120. The molecule has 1 aromatic carbocycles. The Hall–Kier alpha value is -2.30. The molecule has 0 bridgehead atoms. The number of carbonyl (C=O) groups is 2. The molecular weight excluding hydrogens is 290 g/mol. The van der Waals surface area contributed by atoms with E-state index >= 15 is 0 Å². The average molecular weight is 313 g/mol. The predicted octanol–water partition coefficient (Wildman–Crippen LogP) is 2.19. The van der Waals surface area contributed by atoms with E-state index in [1.807, 2.05) is 24.6 Å². The molecule has 2 amide bonds. The molecule has 2 N–H and O–H groups in total. The van der Waals surface area contributed by atoms with Gasteiger partial charge in [-0.1, -0.05) is 18.2 Å². The molecule has 1 fully saturated rings. The maximum absolute atomic E-state index is 12.8. The second-order valence-corrected chi connectivity index (χ2v) is 6.35. The third-order valence-electron chi connectivity index (χ3n) is 4.75. The Morgan fingerprint density at radius 1 is 1.30 bits per heavy atom. The van der Waals surface area contributed by atoms with Crippen LogP contribution in [0.3, 0.4) is 0 Å². The Kier molecular flexibility index (Phi) is 4.11. The van der Waals surface area contributed by atoms with Crippen molar-refractivity contribution in [3.8, 4) is 0 Å². The van der Waals surface area contributed by atoms with Crippen LogP contribution in [-0.4, -0.2) is 29.0 Å². The quantitative estimate of drug-likeness (QED) is 0.893. The zero-order valence-corrected chi connectivity index (χ0v) is 13.9. The molecule has 1 aromatic heterocycles. The highest BCUT2D eigenvalue weighted by Gasteiger charge is 2.23. The molecule has 23 heavy (non-hydrogen) atoms. The zero-order chi connectivity index (χ0) is 16.6. The van der Waals surface area contributed by atoms with Gasteiger partial charge in [-0.05, 0) is 37.8 Å². The number of amides is 2. The number of nitrogens with zero attached hydrogens (tertiary/aromatic N) is 1. The number of carbonyl (C=O) groups excluding carboxylic acids is 2. The van der Waals surface area contributed by atoms with Crippen LogP contribution in [0.1, 0.15) is 40.9 Å². The molecule has 1 aliphatic heterocycles. The molecule has 3 rings (SSSR count). The highest BCUT2D eigenvalue weighted by molar-refractivity contribution is 6.02. The molecule has 0 saturated carbocycles. The molecule has 1 saturated heterocycles. The standard InChI is InChI=1S/C18H23N3O2/c1-11-5-4-6-14-12(2)17(21(3)16(11)14)18(23)20-13-7-8-15(22)19-10-9-13/h4-6,13H,7-10H2,1-3H3,(H,19,22)(H,20,23). The molecule has 5 nitrogen and oxygen atoms in total. The first-order chi connectivity index (χ1) is 11.0. The Labute approximate surface area is 136 Å². The molecular formula is C18H23N3O2. The first-order valence-corrected chi connectivity index (χ1v) is 8.11. The van der Waals surface area contributed by atoms with Crippen LogP contribution in [-0.2, 0) is 11.8 Å². The largest absolute Gasteiger partial charge is 0.356 e. The third kappa shape index (κ3) is 2.83. The van der Waals surface area contributed by atoms with E-state index in [2.05, 4.69) is 29.7 Å². The van der Waals surface area contributed by atoms with Crippen LogP contribution < -0.4 is 10.6 Å². The average Bonchev–Trinajstić information content (AvgIpc) is 2.64. The number of rotatable bonds is 2. The summed E-state index contributed by atoms with van der Waals surface area (Å²) in [5.41, 5.74) is 3.98. The van der Waals surface area contributed by atoms with E-state index in [9.17, 15) is 9.59 Å². The Bertz CT molecular complexity index is 776. The van der Waals surface area contributed by atoms with Crippen LogP contribution in [0, 0.1) is 13.8 Å². The van der Waals surface area contributed by atoms with Crippen molar-refractivity contribution in [2.24, 2.45) is 7.05 Å². The molecule has 0 radical (unpaired) electrons. The lowest BCUT2D eigenvalue weighted by Crippen LogP contribution is -2.36. The van der Waals surface area contributed by atoms with Gasteiger partial charge in [0, 0.05) is 31.4 Å². The summed E-state index contributed by atoms with van der Waals surface area (Å²) in [6, 6.07) is 6.18. The van der Waals surface area contributed by atoms with Gasteiger partial charge in [0.1, 0.15) is 5.69 Å². The lowest BCUT2D eigenvalue weighted by atomic mass is 10.1. The molecule has 5 heteroatoms. The van der Waals surface area contributed by atoms with E-state index in [0.29, 0.717) is 25.1 Å². The smallest absolute Gasteiger partial charge is 0.268 e. The molecule has 2 aromatic rings. The van der Waals surface area contributed by atoms with Crippen molar-refractivity contribution in [1.29, 1.82) is 0 Å². The van der Waals surface area contributed by atoms with E-state index in [1.165, 1.54) is 0 Å². The van der Waals surface area contributed by atoms with Gasteiger partial charge < -0.3 is 15.2 Å². The maximum atomic E-state index is 12.8. The van der Waals surface area contributed by atoms with Crippen molar-refractivity contribution in [1.82, 2.24) is 15.2 Å². The number of hydrogen-bond acceptors (Lipinski definition) is 2. The van der Waals surface area contributed by atoms with Gasteiger partial charge in [-0.2, -0.15) is 0 Å². The van der Waals surface area contributed by atoms with Crippen LogP contribution in [0.25, 0.3) is 10.9 Å². The van der Waals surface area contributed by atoms with Gasteiger partial charge in [-0.25, -0.2) is 0 Å². The van der Waals surface area contributed by atoms with Crippen LogP contribution >= 0.6 is 0 Å². The number of hydrogen-bond donors (Lipinski definition) is 2. The van der Waals surface area contributed by atoms with Crippen molar-refractivity contribution in [2.75, 3.05) is 6.54 Å². The summed E-state index contributed by atoms with van der Waals surface area (Å²) in [5.74, 6) is 0.0121. The van der Waals surface area contributed by atoms with Gasteiger partial charge in [0.05, 0.1) is 5.52 Å². The number of nitrogens with one attached hydrogen (secondary N) is 2. The molecule has 1 aliphatic rings. The topological polar surface area (TPSA) is 63.1 Å². The monoisotopic (exact) mass is 313 g/mol. The van der Waals surface area contributed by atoms with Crippen LogP contribution in [0.2, 0.25) is 0 Å². The van der Waals surface area contributed by atoms with E-state index in [0.717, 1.165) is 28.5 Å². The SMILES string of the molecule is Cc1c(C(=O)NC2CCNC(=O)CC2)n(C)c2c(C)cccc12. The highest BCUT2D eigenvalue weighted by atomic mass is 16.2. The summed E-state index contributed by atoms with van der Waals surface area (Å²) >= 11 is 0. The van der Waals surface area contributed by atoms with Gasteiger partial charge in [0.15, 0.2) is 0 Å². The fourth-order valence-electron chi connectivity index (χ4n) is 3.54. The minimum Gasteiger partial charge on any atom is -0.356 e. The maximum Gasteiger partial charge on any atom is 0.268 e. The molecule has 1 unspecified atom stereocenters. The minimum absolute atomic E-state index is 0.0416. The minimum atomic E-state index is -0.0556. The number of aryl methyl sites for hydroxylation is 3. The molecule has 0 spiro atoms. The van der Waals surface area contributed by atoms with Crippen LogP contribution in [0.5, 0.6) is 0 Å². The van der Waals surface area contributed by atoms with Crippen LogP contribution in [0.4, 0.5) is 0 Å². The van der Waals surface area contributed by atoms with E-state index in [4.69, 9.17) is 0 Å². The third-order valence-corrected chi connectivity index (χ3v) is 4.75. The summed E-state index contributed by atoms with van der Waals surface area (Å²) in [4.78, 5) is 24.2. The second-order valence-electron chi connectivity index (χ2n) is 6.35. The van der Waals surface area contributed by atoms with Gasteiger partial charge >= 0.3 is 0 Å². The van der Waals surface area contributed by atoms with E-state index in [1.54, 1.807) is 0 Å². The normalized spacial score (nSPS) is 18.6. The summed E-state index contributed by atoms with van der Waals surface area (Å²) in [6.45, 7) is 4.68. The van der Waals surface area contributed by atoms with Crippen LogP contribution in [0.15, 0.2) is 18.2 Å². The molecule has 0 aliphatic carbocycles. The number of benzene rings is 1. The van der Waals surface area contributed by atoms with Crippen molar-refractivity contribution in [3.63, 3.8) is 0 Å². The number of aromatic nitrogens is 1. The number of fused-ring (bicyclic) bond motifs is 1. The van der Waals surface area contributed by atoms with Crippen molar-refractivity contribution < 1.29 is 9.59 Å². The van der Waals surface area contributed by atoms with Gasteiger partial charge in [-0.3, -0.25) is 9.59 Å². The Morgan fingerprint density at radius 3 is 2.83 bits per heavy atom. The fourth-order valence-corrected chi connectivity index (χ4v) is 3.54. The zero-order valence-electron chi connectivity index (χ0n) is 13.9. The molecule has 1 atom stereocenters. The second kappa shape index (κ2) is 6.07. The lowest BCUT2D eigenvalue weighted by Gasteiger charge is -2.16. The van der Waals surface area contributed by atoms with E-state index in [-0.39, 0.29) is 17.9 Å².